The lowest BCUT2D eigenvalue weighted by atomic mass is 10.1. The predicted octanol–water partition coefficient (Wildman–Crippen LogP) is 2.63. The van der Waals surface area contributed by atoms with Gasteiger partial charge >= 0.3 is 12.0 Å². The van der Waals surface area contributed by atoms with Crippen molar-refractivity contribution in [1.29, 1.82) is 0 Å². The van der Waals surface area contributed by atoms with Gasteiger partial charge < -0.3 is 15.4 Å². The van der Waals surface area contributed by atoms with Crippen molar-refractivity contribution < 1.29 is 28.3 Å². The Morgan fingerprint density at radius 3 is 2.29 bits per heavy atom. The van der Waals surface area contributed by atoms with Gasteiger partial charge in [0.1, 0.15) is 11.1 Å². The Bertz CT molecular complexity index is 924. The minimum absolute atomic E-state index is 0.0614. The third-order valence-corrected chi connectivity index (χ3v) is 5.08. The van der Waals surface area contributed by atoms with Crippen LogP contribution < -0.4 is 16.0 Å². The zero-order valence-corrected chi connectivity index (χ0v) is 17.7. The predicted molar refractivity (Wildman–Crippen MR) is 115 cm³/mol. The van der Waals surface area contributed by atoms with Gasteiger partial charge in [-0.2, -0.15) is 0 Å². The molecular weight excluding hydrogens is 425 g/mol. The second-order valence-electron chi connectivity index (χ2n) is 6.30. The van der Waals surface area contributed by atoms with Crippen molar-refractivity contribution in [2.75, 3.05) is 18.1 Å². The Labute approximate surface area is 182 Å². The van der Waals surface area contributed by atoms with E-state index in [1.807, 2.05) is 0 Å². The molecule has 4 amide bonds. The number of benzene rings is 2. The molecule has 10 heteroatoms. The largest absolute Gasteiger partial charge is 0.446 e. The van der Waals surface area contributed by atoms with Crippen LogP contribution in [0.1, 0.15) is 18.6 Å². The number of esters is 1. The molecular formula is C21H22FN3O5S. The molecule has 31 heavy (non-hydrogen) atoms. The van der Waals surface area contributed by atoms with Crippen LogP contribution >= 0.6 is 11.8 Å². The number of halogens is 1. The first-order valence-corrected chi connectivity index (χ1v) is 10.3. The molecule has 0 unspecified atom stereocenters. The van der Waals surface area contributed by atoms with Gasteiger partial charge in [0, 0.05) is 18.3 Å². The highest BCUT2D eigenvalue weighted by atomic mass is 32.2. The smallest absolute Gasteiger partial charge is 0.321 e. The molecule has 2 aromatic rings. The van der Waals surface area contributed by atoms with Crippen LogP contribution in [0.15, 0.2) is 54.6 Å². The first kappa shape index (κ1) is 23.9. The Balaban J connectivity index is 1.95. The van der Waals surface area contributed by atoms with E-state index >= 15 is 0 Å². The number of urea groups is 1. The van der Waals surface area contributed by atoms with E-state index in [2.05, 4.69) is 16.0 Å². The van der Waals surface area contributed by atoms with Gasteiger partial charge in [0.25, 0.3) is 5.91 Å². The third-order valence-electron chi connectivity index (χ3n) is 3.96. The summed E-state index contributed by atoms with van der Waals surface area (Å²) in [6, 6.07) is 12.8. The molecule has 0 aliphatic heterocycles. The molecule has 0 saturated heterocycles. The molecule has 8 nitrogen and oxygen atoms in total. The number of rotatable bonds is 8. The first-order chi connectivity index (χ1) is 14.8. The fraction of sp³-hybridized carbons (Fsp3) is 0.238. The third kappa shape index (κ3) is 7.74. The number of hydrogen-bond acceptors (Lipinski definition) is 6. The number of nitrogens with one attached hydrogen (secondary N) is 3. The Hall–Kier alpha value is -3.40. The quantitative estimate of drug-likeness (QED) is 0.536. The number of hydrogen-bond donors (Lipinski definition) is 3. The summed E-state index contributed by atoms with van der Waals surface area (Å²) >= 11 is 1.01. The summed E-state index contributed by atoms with van der Waals surface area (Å²) in [5, 5.41) is 6.17. The van der Waals surface area contributed by atoms with Crippen LogP contribution in [-0.2, 0) is 19.1 Å². The topological polar surface area (TPSA) is 114 Å². The lowest BCUT2D eigenvalue weighted by Gasteiger charge is -2.19. The summed E-state index contributed by atoms with van der Waals surface area (Å²) in [5.41, 5.74) is 0.820. The van der Waals surface area contributed by atoms with E-state index in [-0.39, 0.29) is 11.7 Å². The van der Waals surface area contributed by atoms with Gasteiger partial charge in [-0.1, -0.05) is 30.3 Å². The summed E-state index contributed by atoms with van der Waals surface area (Å²) in [4.78, 5) is 48.4. The molecule has 0 fully saturated rings. The van der Waals surface area contributed by atoms with E-state index in [1.165, 1.54) is 38.2 Å². The zero-order chi connectivity index (χ0) is 22.8. The monoisotopic (exact) mass is 447 g/mol. The molecule has 2 atom stereocenters. The summed E-state index contributed by atoms with van der Waals surface area (Å²) in [6.07, 6.45) is -1.33. The van der Waals surface area contributed by atoms with Crippen molar-refractivity contribution in [1.82, 2.24) is 10.6 Å². The van der Waals surface area contributed by atoms with Gasteiger partial charge in [-0.05, 0) is 31.2 Å². The molecule has 0 aromatic heterocycles. The van der Waals surface area contributed by atoms with E-state index < -0.39 is 35.1 Å². The molecule has 0 heterocycles. The van der Waals surface area contributed by atoms with Crippen LogP contribution in [-0.4, -0.2) is 41.9 Å². The average molecular weight is 447 g/mol. The van der Waals surface area contributed by atoms with Crippen LogP contribution in [0, 0.1) is 5.82 Å². The molecule has 2 rings (SSSR count). The number of ether oxygens (including phenoxy) is 1. The van der Waals surface area contributed by atoms with Crippen molar-refractivity contribution in [3.63, 3.8) is 0 Å². The molecule has 0 radical (unpaired) electrons. The second-order valence-corrected chi connectivity index (χ2v) is 7.63. The van der Waals surface area contributed by atoms with Crippen molar-refractivity contribution in [2.24, 2.45) is 0 Å². The van der Waals surface area contributed by atoms with Crippen LogP contribution in [0.4, 0.5) is 14.9 Å². The van der Waals surface area contributed by atoms with E-state index in [0.717, 1.165) is 11.8 Å². The molecule has 0 saturated carbocycles. The van der Waals surface area contributed by atoms with Crippen LogP contribution in [0.25, 0.3) is 0 Å². The number of thioether (sulfide) groups is 1. The second kappa shape index (κ2) is 11.7. The summed E-state index contributed by atoms with van der Waals surface area (Å²) in [5.74, 6) is -2.38. The summed E-state index contributed by atoms with van der Waals surface area (Å²) < 4.78 is 18.3. The summed E-state index contributed by atoms with van der Waals surface area (Å²) in [6.45, 7) is 1.54. The minimum atomic E-state index is -1.33. The van der Waals surface area contributed by atoms with E-state index in [4.69, 9.17) is 4.74 Å². The number of amides is 4. The van der Waals surface area contributed by atoms with Crippen molar-refractivity contribution in [3.05, 3.63) is 66.0 Å². The lowest BCUT2D eigenvalue weighted by Crippen LogP contribution is -2.41. The van der Waals surface area contributed by atoms with Crippen LogP contribution in [0.3, 0.4) is 0 Å². The number of carbonyl (C=O) groups excluding carboxylic acids is 4. The molecule has 0 aliphatic rings. The Kier molecular flexibility index (Phi) is 9.01. The van der Waals surface area contributed by atoms with Gasteiger partial charge in [-0.15, -0.1) is 11.8 Å². The molecule has 0 bridgehead atoms. The van der Waals surface area contributed by atoms with Crippen LogP contribution in [0.5, 0.6) is 0 Å². The van der Waals surface area contributed by atoms with Gasteiger partial charge in [-0.3, -0.25) is 19.7 Å². The molecule has 164 valence electrons. The van der Waals surface area contributed by atoms with Crippen LogP contribution in [0.2, 0.25) is 0 Å². The first-order valence-electron chi connectivity index (χ1n) is 9.25. The fourth-order valence-corrected chi connectivity index (χ4v) is 3.02. The highest BCUT2D eigenvalue weighted by Gasteiger charge is 2.28. The van der Waals surface area contributed by atoms with Crippen molar-refractivity contribution >= 4 is 41.3 Å². The fourth-order valence-electron chi connectivity index (χ4n) is 2.35. The van der Waals surface area contributed by atoms with Crippen molar-refractivity contribution in [3.8, 4) is 0 Å². The standard InChI is InChI=1S/C21H22FN3O5S/c1-13(31-12-17(26)24-16-10-8-15(22)9-11-16)20(28)30-18(14-6-4-3-5-7-14)19(27)25-21(29)23-2/h3-11,13,18H,12H2,1-2H3,(H,24,26)(H2,23,25,27,29)/t13-,18-/m0/s1. The minimum Gasteiger partial charge on any atom is -0.446 e. The van der Waals surface area contributed by atoms with Gasteiger partial charge in [0.05, 0.1) is 5.75 Å². The highest BCUT2D eigenvalue weighted by Crippen LogP contribution is 2.21. The van der Waals surface area contributed by atoms with E-state index in [0.29, 0.717) is 11.3 Å². The highest BCUT2D eigenvalue weighted by molar-refractivity contribution is 8.01. The van der Waals surface area contributed by atoms with Crippen molar-refractivity contribution in [2.45, 2.75) is 18.3 Å². The maximum atomic E-state index is 12.9. The Morgan fingerprint density at radius 2 is 1.68 bits per heavy atom. The average Bonchev–Trinajstić information content (AvgIpc) is 2.77. The number of carbonyl (C=O) groups is 4. The Morgan fingerprint density at radius 1 is 1.03 bits per heavy atom. The molecule has 0 spiro atoms. The van der Waals surface area contributed by atoms with E-state index in [9.17, 15) is 23.6 Å². The normalized spacial score (nSPS) is 12.2. The van der Waals surface area contributed by atoms with Gasteiger partial charge in [0.2, 0.25) is 12.0 Å². The summed E-state index contributed by atoms with van der Waals surface area (Å²) in [7, 11) is 1.35. The molecule has 3 N–H and O–H groups in total. The number of anilines is 1. The SMILES string of the molecule is CNC(=O)NC(=O)[C@@H](OC(=O)[C@H](C)SCC(=O)Nc1ccc(F)cc1)c1ccccc1. The van der Waals surface area contributed by atoms with E-state index in [1.54, 1.807) is 30.3 Å². The number of imide groups is 1. The molecule has 0 aliphatic carbocycles. The maximum absolute atomic E-state index is 12.9. The van der Waals surface area contributed by atoms with Gasteiger partial charge in [-0.25, -0.2) is 9.18 Å². The molecule has 2 aromatic carbocycles. The van der Waals surface area contributed by atoms with Gasteiger partial charge in [0.15, 0.2) is 0 Å². The zero-order valence-electron chi connectivity index (χ0n) is 16.9. The lowest BCUT2D eigenvalue weighted by molar-refractivity contribution is -0.155. The maximum Gasteiger partial charge on any atom is 0.321 e.